The van der Waals surface area contributed by atoms with Gasteiger partial charge in [-0.3, -0.25) is 4.79 Å². The van der Waals surface area contributed by atoms with Crippen LogP contribution in [0.3, 0.4) is 0 Å². The highest BCUT2D eigenvalue weighted by Gasteiger charge is 2.19. The molecule has 0 saturated heterocycles. The van der Waals surface area contributed by atoms with E-state index in [1.807, 2.05) is 0 Å². The zero-order valence-corrected chi connectivity index (χ0v) is 6.57. The second-order valence-electron chi connectivity index (χ2n) is 2.47. The van der Waals surface area contributed by atoms with Crippen molar-refractivity contribution in [1.82, 2.24) is 0 Å². The number of primary amides is 1. The molecule has 0 aliphatic heterocycles. The van der Waals surface area contributed by atoms with E-state index in [1.165, 1.54) is 0 Å². The Kier molecular flexibility index (Phi) is 2.65. The first-order valence-electron chi connectivity index (χ1n) is 3.47. The van der Waals surface area contributed by atoms with Gasteiger partial charge in [-0.05, 0) is 17.6 Å². The highest BCUT2D eigenvalue weighted by Crippen LogP contribution is 2.00. The van der Waals surface area contributed by atoms with Crippen LogP contribution in [0.4, 0.5) is 4.39 Å². The van der Waals surface area contributed by atoms with Gasteiger partial charge in [-0.25, -0.2) is 4.39 Å². The Hall–Kier alpha value is -1.40. The number of carbonyl (C=O) groups excluding carboxylic acids is 1. The van der Waals surface area contributed by atoms with E-state index in [2.05, 4.69) is 0 Å². The van der Waals surface area contributed by atoms with Crippen molar-refractivity contribution < 1.29 is 19.2 Å². The smallest absolute Gasteiger partial charge is 0.423 e. The summed E-state index contributed by atoms with van der Waals surface area (Å²) < 4.78 is 12.6. The van der Waals surface area contributed by atoms with E-state index in [0.29, 0.717) is 0 Å². The largest absolute Gasteiger partial charge is 0.489 e. The molecule has 4 N–H and O–H groups in total. The van der Waals surface area contributed by atoms with Gasteiger partial charge in [-0.1, -0.05) is 6.07 Å². The Labute approximate surface area is 73.9 Å². The van der Waals surface area contributed by atoms with E-state index >= 15 is 0 Å². The molecule has 1 amide bonds. The molecule has 0 unspecified atom stereocenters. The van der Waals surface area contributed by atoms with E-state index in [9.17, 15) is 9.18 Å². The topological polar surface area (TPSA) is 83.6 Å². The maximum atomic E-state index is 12.6. The van der Waals surface area contributed by atoms with Crippen molar-refractivity contribution >= 4 is 18.5 Å². The van der Waals surface area contributed by atoms with Crippen LogP contribution in [-0.2, 0) is 0 Å². The lowest BCUT2D eigenvalue weighted by atomic mass is 9.77. The van der Waals surface area contributed by atoms with Gasteiger partial charge in [0.15, 0.2) is 0 Å². The number of amides is 1. The SMILES string of the molecule is NC(=O)c1cc(F)ccc1B(O)O. The zero-order chi connectivity index (χ0) is 10.0. The van der Waals surface area contributed by atoms with Gasteiger partial charge in [0, 0.05) is 5.56 Å². The minimum absolute atomic E-state index is 0.103. The number of nitrogens with two attached hydrogens (primary N) is 1. The third kappa shape index (κ3) is 2.04. The van der Waals surface area contributed by atoms with Gasteiger partial charge in [0.2, 0.25) is 5.91 Å². The summed E-state index contributed by atoms with van der Waals surface area (Å²) in [5, 5.41) is 17.5. The van der Waals surface area contributed by atoms with Crippen molar-refractivity contribution in [3.8, 4) is 0 Å². The number of hydrogen-bond donors (Lipinski definition) is 3. The van der Waals surface area contributed by atoms with Crippen LogP contribution < -0.4 is 11.2 Å². The Bertz CT molecular complexity index is 343. The van der Waals surface area contributed by atoms with E-state index in [1.54, 1.807) is 0 Å². The predicted molar refractivity (Wildman–Crippen MR) is 44.7 cm³/mol. The molecule has 0 fully saturated rings. The molecule has 0 aromatic heterocycles. The van der Waals surface area contributed by atoms with Gasteiger partial charge in [0.1, 0.15) is 5.82 Å². The van der Waals surface area contributed by atoms with Crippen LogP contribution in [0.5, 0.6) is 0 Å². The molecule has 0 spiro atoms. The van der Waals surface area contributed by atoms with E-state index in [-0.39, 0.29) is 11.0 Å². The first-order valence-corrected chi connectivity index (χ1v) is 3.47. The lowest BCUT2D eigenvalue weighted by molar-refractivity contribution is 0.100. The van der Waals surface area contributed by atoms with Crippen molar-refractivity contribution in [2.75, 3.05) is 0 Å². The Morgan fingerprint density at radius 3 is 2.54 bits per heavy atom. The monoisotopic (exact) mass is 183 g/mol. The second kappa shape index (κ2) is 3.55. The molecule has 68 valence electrons. The summed E-state index contributed by atoms with van der Waals surface area (Å²) in [6.07, 6.45) is 0. The predicted octanol–water partition coefficient (Wildman–Crippen LogP) is -1.40. The molecule has 0 atom stereocenters. The van der Waals surface area contributed by atoms with Crippen LogP contribution >= 0.6 is 0 Å². The fourth-order valence-electron chi connectivity index (χ4n) is 0.967. The lowest BCUT2D eigenvalue weighted by Gasteiger charge is -2.04. The second-order valence-corrected chi connectivity index (χ2v) is 2.47. The quantitative estimate of drug-likeness (QED) is 0.493. The summed E-state index contributed by atoms with van der Waals surface area (Å²) in [7, 11) is -1.83. The summed E-state index contributed by atoms with van der Waals surface area (Å²) in [5.41, 5.74) is 4.56. The summed E-state index contributed by atoms with van der Waals surface area (Å²) in [6, 6.07) is 2.97. The van der Waals surface area contributed by atoms with E-state index in [0.717, 1.165) is 18.2 Å². The first-order chi connectivity index (χ1) is 6.02. The number of hydrogen-bond acceptors (Lipinski definition) is 3. The van der Waals surface area contributed by atoms with E-state index in [4.69, 9.17) is 15.8 Å². The van der Waals surface area contributed by atoms with Gasteiger partial charge < -0.3 is 15.8 Å². The van der Waals surface area contributed by atoms with E-state index < -0.39 is 18.8 Å². The summed E-state index contributed by atoms with van der Waals surface area (Å²) in [5.74, 6) is -1.55. The molecule has 1 aromatic carbocycles. The van der Waals surface area contributed by atoms with Crippen molar-refractivity contribution in [3.05, 3.63) is 29.6 Å². The van der Waals surface area contributed by atoms with Gasteiger partial charge in [0.05, 0.1) is 0 Å². The van der Waals surface area contributed by atoms with Crippen LogP contribution in [0.25, 0.3) is 0 Å². The van der Waals surface area contributed by atoms with Crippen molar-refractivity contribution in [3.63, 3.8) is 0 Å². The summed E-state index contributed by atoms with van der Waals surface area (Å²) in [6.45, 7) is 0. The average Bonchev–Trinajstić information content (AvgIpc) is 2.03. The molecule has 0 bridgehead atoms. The molecule has 0 aliphatic rings. The van der Waals surface area contributed by atoms with Crippen LogP contribution in [-0.4, -0.2) is 23.1 Å². The van der Waals surface area contributed by atoms with Crippen LogP contribution in [0.2, 0.25) is 0 Å². The summed E-state index contributed by atoms with van der Waals surface area (Å²) >= 11 is 0. The van der Waals surface area contributed by atoms with Gasteiger partial charge in [-0.2, -0.15) is 0 Å². The third-order valence-electron chi connectivity index (χ3n) is 1.56. The highest BCUT2D eigenvalue weighted by atomic mass is 19.1. The number of rotatable bonds is 2. The third-order valence-corrected chi connectivity index (χ3v) is 1.56. The zero-order valence-electron chi connectivity index (χ0n) is 6.57. The fourth-order valence-corrected chi connectivity index (χ4v) is 0.967. The molecule has 0 aliphatic carbocycles. The molecule has 4 nitrogen and oxygen atoms in total. The minimum atomic E-state index is -1.83. The lowest BCUT2D eigenvalue weighted by Crippen LogP contribution is -2.36. The Morgan fingerprint density at radius 1 is 1.46 bits per heavy atom. The number of halogens is 1. The van der Waals surface area contributed by atoms with Crippen molar-refractivity contribution in [2.24, 2.45) is 5.73 Å². The molecule has 6 heteroatoms. The maximum absolute atomic E-state index is 12.6. The normalized spacial score (nSPS) is 9.77. The maximum Gasteiger partial charge on any atom is 0.489 e. The molecule has 1 aromatic rings. The van der Waals surface area contributed by atoms with Crippen LogP contribution in [0, 0.1) is 5.82 Å². The average molecular weight is 183 g/mol. The summed E-state index contributed by atoms with van der Waals surface area (Å²) in [4.78, 5) is 10.7. The van der Waals surface area contributed by atoms with Crippen molar-refractivity contribution in [2.45, 2.75) is 0 Å². The first kappa shape index (κ1) is 9.69. The van der Waals surface area contributed by atoms with Gasteiger partial charge in [0.25, 0.3) is 0 Å². The standard InChI is InChI=1S/C7H7BFNO3/c9-4-1-2-6(8(12)13)5(3-4)7(10)11/h1-3,12-13H,(H2,10,11). The van der Waals surface area contributed by atoms with Gasteiger partial charge in [-0.15, -0.1) is 0 Å². The molecule has 1 rings (SSSR count). The number of carbonyl (C=O) groups is 1. The molecule has 0 heterocycles. The number of benzene rings is 1. The Morgan fingerprint density at radius 2 is 2.08 bits per heavy atom. The molecule has 13 heavy (non-hydrogen) atoms. The Balaban J connectivity index is 3.27. The highest BCUT2D eigenvalue weighted by molar-refractivity contribution is 6.60. The molecular weight excluding hydrogens is 176 g/mol. The minimum Gasteiger partial charge on any atom is -0.423 e. The molecule has 0 radical (unpaired) electrons. The molecular formula is C7H7BFNO3. The van der Waals surface area contributed by atoms with Crippen LogP contribution in [0.1, 0.15) is 10.4 Å². The van der Waals surface area contributed by atoms with Crippen LogP contribution in [0.15, 0.2) is 18.2 Å². The fraction of sp³-hybridized carbons (Fsp3) is 0. The van der Waals surface area contributed by atoms with Gasteiger partial charge >= 0.3 is 7.12 Å². The molecule has 0 saturated carbocycles. The van der Waals surface area contributed by atoms with Crippen molar-refractivity contribution in [1.29, 1.82) is 0 Å².